The van der Waals surface area contributed by atoms with Crippen molar-refractivity contribution < 1.29 is 12.8 Å². The summed E-state index contributed by atoms with van der Waals surface area (Å²) in [6.45, 7) is 3.30. The normalized spacial score (nSPS) is 19.7. The van der Waals surface area contributed by atoms with Crippen LogP contribution in [0.3, 0.4) is 0 Å². The molecular formula is C15H22N4O3S. The van der Waals surface area contributed by atoms with Crippen LogP contribution < -0.4 is 0 Å². The molecule has 3 heterocycles. The Hall–Kier alpha value is -1.64. The molecule has 1 unspecified atom stereocenters. The maximum absolute atomic E-state index is 12.9. The minimum atomic E-state index is -3.51. The fourth-order valence-electron chi connectivity index (χ4n) is 2.90. The van der Waals surface area contributed by atoms with Gasteiger partial charge in [0.2, 0.25) is 0 Å². The number of aromatic nitrogens is 2. The van der Waals surface area contributed by atoms with Crippen LogP contribution in [0.2, 0.25) is 0 Å². The first-order valence-electron chi connectivity index (χ1n) is 7.75. The molecule has 1 saturated heterocycles. The van der Waals surface area contributed by atoms with Crippen LogP contribution in [0.1, 0.15) is 30.4 Å². The van der Waals surface area contributed by atoms with Gasteiger partial charge in [-0.1, -0.05) is 0 Å². The van der Waals surface area contributed by atoms with Gasteiger partial charge in [-0.15, -0.1) is 0 Å². The van der Waals surface area contributed by atoms with Crippen LogP contribution >= 0.6 is 0 Å². The molecule has 0 amide bonds. The summed E-state index contributed by atoms with van der Waals surface area (Å²) in [6.07, 6.45) is 5.14. The standard InChI is InChI=1S/C15H22N4O3S/c1-13-6-7-15(22-13)14-5-3-10-19(14)23(20,21)17(2)11-12-18-9-4-8-16-18/h4,6-9,14H,3,5,10-12H2,1-2H3. The Morgan fingerprint density at radius 2 is 2.26 bits per heavy atom. The third kappa shape index (κ3) is 3.34. The van der Waals surface area contributed by atoms with E-state index in [1.165, 1.54) is 4.31 Å². The van der Waals surface area contributed by atoms with Gasteiger partial charge in [0.05, 0.1) is 12.6 Å². The van der Waals surface area contributed by atoms with Gasteiger partial charge < -0.3 is 4.42 Å². The Morgan fingerprint density at radius 3 is 2.91 bits per heavy atom. The van der Waals surface area contributed by atoms with Crippen LogP contribution in [0.5, 0.6) is 0 Å². The van der Waals surface area contributed by atoms with E-state index >= 15 is 0 Å². The minimum absolute atomic E-state index is 0.208. The molecular weight excluding hydrogens is 316 g/mol. The lowest BCUT2D eigenvalue weighted by Gasteiger charge is -2.27. The van der Waals surface area contributed by atoms with E-state index in [0.717, 1.165) is 24.4 Å². The number of rotatable bonds is 6. The van der Waals surface area contributed by atoms with Crippen LogP contribution in [0.4, 0.5) is 0 Å². The van der Waals surface area contributed by atoms with Crippen molar-refractivity contribution in [3.8, 4) is 0 Å². The maximum Gasteiger partial charge on any atom is 0.282 e. The van der Waals surface area contributed by atoms with E-state index in [2.05, 4.69) is 5.10 Å². The van der Waals surface area contributed by atoms with Crippen molar-refractivity contribution in [2.75, 3.05) is 20.1 Å². The molecule has 2 aromatic rings. The summed E-state index contributed by atoms with van der Waals surface area (Å²) in [6, 6.07) is 5.36. The van der Waals surface area contributed by atoms with Crippen molar-refractivity contribution in [2.45, 2.75) is 32.4 Å². The van der Waals surface area contributed by atoms with E-state index in [1.807, 2.05) is 31.3 Å². The molecule has 0 radical (unpaired) electrons. The summed E-state index contributed by atoms with van der Waals surface area (Å²) in [5.41, 5.74) is 0. The van der Waals surface area contributed by atoms with Gasteiger partial charge >= 0.3 is 0 Å². The highest BCUT2D eigenvalue weighted by molar-refractivity contribution is 7.86. The molecule has 23 heavy (non-hydrogen) atoms. The average molecular weight is 338 g/mol. The van der Waals surface area contributed by atoms with E-state index in [0.29, 0.717) is 19.6 Å². The molecule has 1 fully saturated rings. The molecule has 0 aliphatic carbocycles. The summed E-state index contributed by atoms with van der Waals surface area (Å²) in [5, 5.41) is 4.10. The summed E-state index contributed by atoms with van der Waals surface area (Å²) in [5.74, 6) is 1.53. The molecule has 126 valence electrons. The molecule has 3 rings (SSSR count). The van der Waals surface area contributed by atoms with Crippen molar-refractivity contribution in [3.63, 3.8) is 0 Å². The minimum Gasteiger partial charge on any atom is -0.465 e. The Morgan fingerprint density at radius 1 is 1.43 bits per heavy atom. The van der Waals surface area contributed by atoms with Crippen molar-refractivity contribution in [2.24, 2.45) is 0 Å². The molecule has 0 spiro atoms. The smallest absolute Gasteiger partial charge is 0.282 e. The van der Waals surface area contributed by atoms with Crippen LogP contribution in [0.15, 0.2) is 35.0 Å². The fourth-order valence-corrected chi connectivity index (χ4v) is 4.46. The fraction of sp³-hybridized carbons (Fsp3) is 0.533. The second kappa shape index (κ2) is 6.46. The number of hydrogen-bond donors (Lipinski definition) is 0. The Kier molecular flexibility index (Phi) is 4.56. The first-order valence-corrected chi connectivity index (χ1v) is 9.15. The number of nitrogens with zero attached hydrogens (tertiary/aromatic N) is 4. The van der Waals surface area contributed by atoms with Crippen LogP contribution in [0, 0.1) is 6.92 Å². The van der Waals surface area contributed by atoms with Crippen molar-refractivity contribution in [1.82, 2.24) is 18.4 Å². The topological polar surface area (TPSA) is 71.6 Å². The molecule has 1 atom stereocenters. The zero-order valence-corrected chi connectivity index (χ0v) is 14.2. The first-order chi connectivity index (χ1) is 11.0. The second-order valence-corrected chi connectivity index (χ2v) is 7.80. The SMILES string of the molecule is Cc1ccc(C2CCCN2S(=O)(=O)N(C)CCn2cccn2)o1. The van der Waals surface area contributed by atoms with Crippen molar-refractivity contribution >= 4 is 10.2 Å². The van der Waals surface area contributed by atoms with Crippen LogP contribution in [0.25, 0.3) is 0 Å². The molecule has 0 saturated carbocycles. The molecule has 2 aromatic heterocycles. The lowest BCUT2D eigenvalue weighted by Crippen LogP contribution is -2.42. The van der Waals surface area contributed by atoms with E-state index in [9.17, 15) is 8.42 Å². The quantitative estimate of drug-likeness (QED) is 0.805. The molecule has 7 nitrogen and oxygen atoms in total. The van der Waals surface area contributed by atoms with E-state index in [-0.39, 0.29) is 6.04 Å². The molecule has 0 aromatic carbocycles. The van der Waals surface area contributed by atoms with Crippen LogP contribution in [-0.4, -0.2) is 46.9 Å². The molecule has 8 heteroatoms. The van der Waals surface area contributed by atoms with Gasteiger partial charge in [0.25, 0.3) is 10.2 Å². The van der Waals surface area contributed by atoms with E-state index in [1.54, 1.807) is 22.2 Å². The van der Waals surface area contributed by atoms with Gasteiger partial charge in [0, 0.05) is 32.5 Å². The maximum atomic E-state index is 12.9. The molecule has 0 bridgehead atoms. The van der Waals surface area contributed by atoms with E-state index in [4.69, 9.17) is 4.42 Å². The molecule has 0 N–H and O–H groups in total. The van der Waals surface area contributed by atoms with Gasteiger partial charge in [-0.3, -0.25) is 4.68 Å². The highest BCUT2D eigenvalue weighted by Crippen LogP contribution is 2.35. The number of likely N-dealkylation sites (N-methyl/N-ethyl adjacent to an activating group) is 1. The van der Waals surface area contributed by atoms with Gasteiger partial charge in [0.1, 0.15) is 11.5 Å². The van der Waals surface area contributed by atoms with Crippen molar-refractivity contribution in [1.29, 1.82) is 0 Å². The first kappa shape index (κ1) is 16.2. The van der Waals surface area contributed by atoms with E-state index < -0.39 is 10.2 Å². The van der Waals surface area contributed by atoms with Gasteiger partial charge in [-0.05, 0) is 38.0 Å². The van der Waals surface area contributed by atoms with Gasteiger partial charge in [-0.2, -0.15) is 22.1 Å². The lowest BCUT2D eigenvalue weighted by molar-refractivity contribution is 0.305. The third-order valence-electron chi connectivity index (χ3n) is 4.19. The summed E-state index contributed by atoms with van der Waals surface area (Å²) >= 11 is 0. The largest absolute Gasteiger partial charge is 0.465 e. The second-order valence-electron chi connectivity index (χ2n) is 5.82. The third-order valence-corrected chi connectivity index (χ3v) is 6.19. The lowest BCUT2D eigenvalue weighted by atomic mass is 10.2. The summed E-state index contributed by atoms with van der Waals surface area (Å²) in [4.78, 5) is 0. The summed E-state index contributed by atoms with van der Waals surface area (Å²) < 4.78 is 36.0. The van der Waals surface area contributed by atoms with Crippen LogP contribution in [-0.2, 0) is 16.8 Å². The highest BCUT2D eigenvalue weighted by Gasteiger charge is 2.38. The monoisotopic (exact) mass is 338 g/mol. The highest BCUT2D eigenvalue weighted by atomic mass is 32.2. The Bertz CT molecular complexity index is 739. The predicted molar refractivity (Wildman–Crippen MR) is 85.9 cm³/mol. The average Bonchev–Trinajstić information content (AvgIpc) is 3.25. The zero-order valence-electron chi connectivity index (χ0n) is 13.4. The van der Waals surface area contributed by atoms with Crippen molar-refractivity contribution in [3.05, 3.63) is 42.1 Å². The number of hydrogen-bond acceptors (Lipinski definition) is 4. The Labute approximate surface area is 136 Å². The molecule has 1 aliphatic heterocycles. The predicted octanol–water partition coefficient (Wildman–Crippen LogP) is 1.80. The Balaban J connectivity index is 1.72. The number of aryl methyl sites for hydroxylation is 1. The molecule has 1 aliphatic rings. The van der Waals surface area contributed by atoms with Gasteiger partial charge in [0.15, 0.2) is 0 Å². The van der Waals surface area contributed by atoms with Gasteiger partial charge in [-0.25, -0.2) is 0 Å². The summed E-state index contributed by atoms with van der Waals surface area (Å²) in [7, 11) is -1.90. The zero-order chi connectivity index (χ0) is 16.4. The number of furan rings is 1.